The van der Waals surface area contributed by atoms with Crippen LogP contribution in [0, 0.1) is 0 Å². The number of hydrogen-bond acceptors (Lipinski definition) is 4. The summed E-state index contributed by atoms with van der Waals surface area (Å²) < 4.78 is 6.51. The van der Waals surface area contributed by atoms with Crippen LogP contribution >= 0.6 is 0 Å². The summed E-state index contributed by atoms with van der Waals surface area (Å²) in [6, 6.07) is 9.18. The number of Topliss-reactive ketones (excluding diaryl/α,β-unsaturated/α-hetero) is 1. The fourth-order valence-electron chi connectivity index (χ4n) is 2.44. The van der Waals surface area contributed by atoms with Crippen molar-refractivity contribution in [2.45, 2.75) is 13.8 Å². The second kappa shape index (κ2) is 5.01. The largest absolute Gasteiger partial charge is 0.461 e. The number of carbonyl (C=O) groups is 2. The maximum Gasteiger partial charge on any atom is 0.357 e. The van der Waals surface area contributed by atoms with Crippen molar-refractivity contribution in [3.8, 4) is 0 Å². The molecule has 0 radical (unpaired) electrons. The summed E-state index contributed by atoms with van der Waals surface area (Å²) >= 11 is 0. The molecule has 0 fully saturated rings. The van der Waals surface area contributed by atoms with Gasteiger partial charge in [-0.15, -0.1) is 0 Å². The Morgan fingerprint density at radius 1 is 1.29 bits per heavy atom. The van der Waals surface area contributed by atoms with Gasteiger partial charge in [-0.1, -0.05) is 24.3 Å². The van der Waals surface area contributed by atoms with E-state index in [4.69, 9.17) is 4.74 Å². The number of nitrogens with zero attached hydrogens (tertiary/aromatic N) is 2. The van der Waals surface area contributed by atoms with E-state index >= 15 is 0 Å². The molecule has 0 bridgehead atoms. The summed E-state index contributed by atoms with van der Waals surface area (Å²) in [4.78, 5) is 23.9. The molecule has 2 heterocycles. The number of ether oxygens (including phenoxy) is 1. The van der Waals surface area contributed by atoms with Crippen LogP contribution in [0.2, 0.25) is 0 Å². The molecular formula is C16H14N2O3. The molecule has 0 saturated heterocycles. The number of benzene rings is 1. The quantitative estimate of drug-likeness (QED) is 0.547. The standard InChI is InChI=1S/C16H14N2O3/c1-3-21-16(20)14-8-13(10(2)19)15-12-7-5-4-6-11(12)9-17-18(14)15/h4-9H,3H2,1-2H3. The molecule has 3 rings (SSSR count). The highest BCUT2D eigenvalue weighted by atomic mass is 16.5. The second-order valence-corrected chi connectivity index (χ2v) is 4.71. The second-order valence-electron chi connectivity index (χ2n) is 4.71. The maximum atomic E-state index is 12.0. The van der Waals surface area contributed by atoms with Crippen LogP contribution in [0.3, 0.4) is 0 Å². The molecule has 0 aliphatic heterocycles. The number of esters is 1. The summed E-state index contributed by atoms with van der Waals surface area (Å²) in [6.45, 7) is 3.49. The third kappa shape index (κ3) is 2.07. The van der Waals surface area contributed by atoms with E-state index in [9.17, 15) is 9.59 Å². The van der Waals surface area contributed by atoms with Crippen molar-refractivity contribution in [3.63, 3.8) is 0 Å². The number of hydrogen-bond donors (Lipinski definition) is 0. The average molecular weight is 282 g/mol. The Balaban J connectivity index is 2.40. The molecule has 106 valence electrons. The molecule has 0 unspecified atom stereocenters. The molecule has 0 aliphatic carbocycles. The Labute approximate surface area is 121 Å². The summed E-state index contributed by atoms with van der Waals surface area (Å²) in [5, 5.41) is 6.08. The fraction of sp³-hybridized carbons (Fsp3) is 0.188. The lowest BCUT2D eigenvalue weighted by Crippen LogP contribution is -2.09. The van der Waals surface area contributed by atoms with Gasteiger partial charge in [0.25, 0.3) is 0 Å². The fourth-order valence-corrected chi connectivity index (χ4v) is 2.44. The summed E-state index contributed by atoms with van der Waals surface area (Å²) in [7, 11) is 0. The van der Waals surface area contributed by atoms with E-state index in [2.05, 4.69) is 5.10 Å². The van der Waals surface area contributed by atoms with Gasteiger partial charge in [0.05, 0.1) is 18.3 Å². The minimum atomic E-state index is -0.484. The molecule has 3 aromatic rings. The van der Waals surface area contributed by atoms with Gasteiger partial charge in [-0.2, -0.15) is 5.10 Å². The molecule has 1 aromatic carbocycles. The van der Waals surface area contributed by atoms with Gasteiger partial charge in [0, 0.05) is 16.3 Å². The third-order valence-electron chi connectivity index (χ3n) is 3.37. The van der Waals surface area contributed by atoms with Gasteiger partial charge in [0.1, 0.15) is 0 Å². The Kier molecular flexibility index (Phi) is 3.17. The molecule has 0 amide bonds. The van der Waals surface area contributed by atoms with E-state index in [1.807, 2.05) is 24.3 Å². The lowest BCUT2D eigenvalue weighted by atomic mass is 10.1. The van der Waals surface area contributed by atoms with Crippen molar-refractivity contribution in [2.75, 3.05) is 6.61 Å². The molecule has 21 heavy (non-hydrogen) atoms. The zero-order chi connectivity index (χ0) is 15.0. The van der Waals surface area contributed by atoms with Crippen molar-refractivity contribution < 1.29 is 14.3 Å². The Morgan fingerprint density at radius 3 is 2.76 bits per heavy atom. The first-order valence-electron chi connectivity index (χ1n) is 6.71. The molecule has 5 heteroatoms. The first-order valence-corrected chi connectivity index (χ1v) is 6.71. The van der Waals surface area contributed by atoms with Gasteiger partial charge < -0.3 is 4.74 Å². The molecule has 0 spiro atoms. The number of fused-ring (bicyclic) bond motifs is 3. The molecule has 0 atom stereocenters. The van der Waals surface area contributed by atoms with Crippen LogP contribution in [-0.2, 0) is 4.74 Å². The van der Waals surface area contributed by atoms with Crippen LogP contribution in [0.5, 0.6) is 0 Å². The Morgan fingerprint density at radius 2 is 2.05 bits per heavy atom. The average Bonchev–Trinajstić information content (AvgIpc) is 2.87. The predicted molar refractivity (Wildman–Crippen MR) is 78.7 cm³/mol. The van der Waals surface area contributed by atoms with Gasteiger partial charge in [0.2, 0.25) is 0 Å². The van der Waals surface area contributed by atoms with Crippen molar-refractivity contribution in [1.29, 1.82) is 0 Å². The summed E-state index contributed by atoms with van der Waals surface area (Å²) in [5.74, 6) is -0.594. The van der Waals surface area contributed by atoms with E-state index in [0.29, 0.717) is 11.1 Å². The van der Waals surface area contributed by atoms with Gasteiger partial charge >= 0.3 is 5.97 Å². The van der Waals surface area contributed by atoms with Crippen molar-refractivity contribution in [1.82, 2.24) is 9.61 Å². The topological polar surface area (TPSA) is 60.7 Å². The molecule has 5 nitrogen and oxygen atoms in total. The maximum absolute atomic E-state index is 12.0. The summed E-state index contributed by atoms with van der Waals surface area (Å²) in [6.07, 6.45) is 1.68. The van der Waals surface area contributed by atoms with Crippen LogP contribution in [0.1, 0.15) is 34.7 Å². The normalized spacial score (nSPS) is 11.0. The van der Waals surface area contributed by atoms with Crippen LogP contribution in [0.4, 0.5) is 0 Å². The van der Waals surface area contributed by atoms with Crippen LogP contribution in [0.25, 0.3) is 16.3 Å². The van der Waals surface area contributed by atoms with Crippen molar-refractivity contribution in [2.24, 2.45) is 0 Å². The number of aromatic nitrogens is 2. The highest BCUT2D eigenvalue weighted by Crippen LogP contribution is 2.25. The van der Waals surface area contributed by atoms with Crippen LogP contribution in [-0.4, -0.2) is 28.0 Å². The van der Waals surface area contributed by atoms with E-state index in [-0.39, 0.29) is 18.1 Å². The Bertz CT molecular complexity index is 864. The van der Waals surface area contributed by atoms with Crippen LogP contribution < -0.4 is 0 Å². The number of ketones is 1. The lowest BCUT2D eigenvalue weighted by molar-refractivity contribution is 0.0517. The highest BCUT2D eigenvalue weighted by Gasteiger charge is 2.21. The highest BCUT2D eigenvalue weighted by molar-refractivity contribution is 6.11. The first kappa shape index (κ1) is 13.3. The number of rotatable bonds is 3. The molecular weight excluding hydrogens is 268 g/mol. The van der Waals surface area contributed by atoms with E-state index in [0.717, 1.165) is 10.8 Å². The molecule has 0 N–H and O–H groups in total. The predicted octanol–water partition coefficient (Wildman–Crippen LogP) is 2.87. The SMILES string of the molecule is CCOC(=O)c1cc(C(C)=O)c2c3ccccc3cnn12. The number of carbonyl (C=O) groups excluding carboxylic acids is 2. The summed E-state index contributed by atoms with van der Waals surface area (Å²) in [5.41, 5.74) is 1.38. The molecule has 2 aromatic heterocycles. The lowest BCUT2D eigenvalue weighted by Gasteiger charge is -2.04. The van der Waals surface area contributed by atoms with Gasteiger partial charge in [-0.3, -0.25) is 4.79 Å². The smallest absolute Gasteiger partial charge is 0.357 e. The third-order valence-corrected chi connectivity index (χ3v) is 3.37. The Hall–Kier alpha value is -2.69. The minimum absolute atomic E-state index is 0.110. The molecule has 0 aliphatic rings. The van der Waals surface area contributed by atoms with E-state index in [1.165, 1.54) is 11.4 Å². The van der Waals surface area contributed by atoms with Crippen molar-refractivity contribution in [3.05, 3.63) is 47.8 Å². The van der Waals surface area contributed by atoms with E-state index in [1.54, 1.807) is 19.2 Å². The van der Waals surface area contributed by atoms with Gasteiger partial charge in [0.15, 0.2) is 11.5 Å². The molecule has 0 saturated carbocycles. The van der Waals surface area contributed by atoms with Crippen molar-refractivity contribution >= 4 is 28.0 Å². The zero-order valence-electron chi connectivity index (χ0n) is 11.8. The monoisotopic (exact) mass is 282 g/mol. The minimum Gasteiger partial charge on any atom is -0.461 e. The van der Waals surface area contributed by atoms with Gasteiger partial charge in [-0.25, -0.2) is 9.31 Å². The van der Waals surface area contributed by atoms with Crippen LogP contribution in [0.15, 0.2) is 36.5 Å². The van der Waals surface area contributed by atoms with Gasteiger partial charge in [-0.05, 0) is 19.9 Å². The zero-order valence-corrected chi connectivity index (χ0v) is 11.8. The first-order chi connectivity index (χ1) is 10.1. The van der Waals surface area contributed by atoms with E-state index < -0.39 is 5.97 Å².